The average molecular weight is 286 g/mol. The molecule has 0 spiro atoms. The van der Waals surface area contributed by atoms with Crippen LogP contribution in [0.5, 0.6) is 0 Å². The summed E-state index contributed by atoms with van der Waals surface area (Å²) in [4.78, 5) is 26.9. The summed E-state index contributed by atoms with van der Waals surface area (Å²) >= 11 is 0. The molecule has 2 rings (SSSR count). The molecule has 1 heterocycles. The Bertz CT molecular complexity index is 553. The van der Waals surface area contributed by atoms with Gasteiger partial charge in [-0.3, -0.25) is 9.59 Å². The Morgan fingerprint density at radius 1 is 1.48 bits per heavy atom. The topological polar surface area (TPSA) is 40.6 Å². The molecule has 0 radical (unpaired) electrons. The summed E-state index contributed by atoms with van der Waals surface area (Å²) in [5, 5.41) is 0. The van der Waals surface area contributed by atoms with E-state index in [-0.39, 0.29) is 18.4 Å². The summed E-state index contributed by atoms with van der Waals surface area (Å²) in [6.07, 6.45) is 2.21. The minimum atomic E-state index is -0.224. The molecule has 112 valence electrons. The van der Waals surface area contributed by atoms with E-state index >= 15 is 0 Å². The van der Waals surface area contributed by atoms with Crippen molar-refractivity contribution in [3.63, 3.8) is 0 Å². The molecule has 0 aromatic heterocycles. The highest BCUT2D eigenvalue weighted by molar-refractivity contribution is 5.90. The van der Waals surface area contributed by atoms with E-state index in [0.717, 1.165) is 19.5 Å². The SMILES string of the molecule is C=CC(=O)N(C)CC(=O)N1CCC(c2cccc(C)c2)C1. The molecule has 2 amide bonds. The summed E-state index contributed by atoms with van der Waals surface area (Å²) in [6.45, 7) is 7.12. The van der Waals surface area contributed by atoms with Gasteiger partial charge in [0.05, 0.1) is 6.54 Å². The number of likely N-dealkylation sites (tertiary alicyclic amines) is 1. The molecule has 21 heavy (non-hydrogen) atoms. The van der Waals surface area contributed by atoms with Crippen molar-refractivity contribution in [1.29, 1.82) is 0 Å². The van der Waals surface area contributed by atoms with E-state index in [9.17, 15) is 9.59 Å². The fourth-order valence-corrected chi connectivity index (χ4v) is 2.72. The minimum absolute atomic E-state index is 0.00264. The first kappa shape index (κ1) is 15.3. The van der Waals surface area contributed by atoms with Gasteiger partial charge in [-0.15, -0.1) is 0 Å². The molecule has 0 aliphatic carbocycles. The van der Waals surface area contributed by atoms with Crippen molar-refractivity contribution in [2.24, 2.45) is 0 Å². The van der Waals surface area contributed by atoms with Gasteiger partial charge < -0.3 is 9.80 Å². The average Bonchev–Trinajstić information content (AvgIpc) is 2.96. The van der Waals surface area contributed by atoms with Gasteiger partial charge in [-0.1, -0.05) is 36.4 Å². The maximum atomic E-state index is 12.2. The standard InChI is InChI=1S/C17H22N2O2/c1-4-16(20)18(3)12-17(21)19-9-8-15(11-19)14-7-5-6-13(2)10-14/h4-7,10,15H,1,8-9,11-12H2,2-3H3. The van der Waals surface area contributed by atoms with Crippen LogP contribution in [0.3, 0.4) is 0 Å². The second-order valence-electron chi connectivity index (χ2n) is 5.64. The van der Waals surface area contributed by atoms with Crippen LogP contribution >= 0.6 is 0 Å². The quantitative estimate of drug-likeness (QED) is 0.794. The van der Waals surface area contributed by atoms with Gasteiger partial charge in [-0.2, -0.15) is 0 Å². The van der Waals surface area contributed by atoms with Gasteiger partial charge in [0, 0.05) is 26.1 Å². The van der Waals surface area contributed by atoms with Crippen LogP contribution in [0.25, 0.3) is 0 Å². The molecule has 1 atom stereocenters. The van der Waals surface area contributed by atoms with E-state index in [1.165, 1.54) is 22.1 Å². The summed E-state index contributed by atoms with van der Waals surface area (Å²) in [7, 11) is 1.62. The smallest absolute Gasteiger partial charge is 0.246 e. The third-order valence-corrected chi connectivity index (χ3v) is 3.98. The fraction of sp³-hybridized carbons (Fsp3) is 0.412. The van der Waals surface area contributed by atoms with Crippen LogP contribution < -0.4 is 0 Å². The second kappa shape index (κ2) is 6.57. The van der Waals surface area contributed by atoms with Crippen LogP contribution in [0, 0.1) is 6.92 Å². The lowest BCUT2D eigenvalue weighted by molar-refractivity contribution is -0.136. The van der Waals surface area contributed by atoms with Gasteiger partial charge in [0.15, 0.2) is 0 Å². The number of nitrogens with zero attached hydrogens (tertiary/aromatic N) is 2. The summed E-state index contributed by atoms with van der Waals surface area (Å²) in [5.74, 6) is 0.176. The molecule has 1 aromatic rings. The molecule has 1 aliphatic rings. The summed E-state index contributed by atoms with van der Waals surface area (Å²) < 4.78 is 0. The van der Waals surface area contributed by atoms with Gasteiger partial charge in [0.2, 0.25) is 11.8 Å². The van der Waals surface area contributed by atoms with Crippen LogP contribution in [0.15, 0.2) is 36.9 Å². The Kier molecular flexibility index (Phi) is 4.78. The number of likely N-dealkylation sites (N-methyl/N-ethyl adjacent to an activating group) is 1. The highest BCUT2D eigenvalue weighted by Crippen LogP contribution is 2.27. The number of carbonyl (C=O) groups is 2. The van der Waals surface area contributed by atoms with Crippen molar-refractivity contribution in [2.75, 3.05) is 26.7 Å². The van der Waals surface area contributed by atoms with Gasteiger partial charge in [0.25, 0.3) is 0 Å². The predicted octanol–water partition coefficient (Wildman–Crippen LogP) is 1.96. The molecule has 1 aliphatic heterocycles. The Labute approximate surface area is 126 Å². The van der Waals surface area contributed by atoms with E-state index in [1.807, 2.05) is 4.90 Å². The Hall–Kier alpha value is -2.10. The monoisotopic (exact) mass is 286 g/mol. The second-order valence-corrected chi connectivity index (χ2v) is 5.64. The number of aryl methyl sites for hydroxylation is 1. The summed E-state index contributed by atoms with van der Waals surface area (Å²) in [5.41, 5.74) is 2.54. The number of rotatable bonds is 4. The van der Waals surface area contributed by atoms with Crippen LogP contribution in [0.2, 0.25) is 0 Å². The first-order valence-corrected chi connectivity index (χ1v) is 7.23. The molecule has 1 unspecified atom stereocenters. The van der Waals surface area contributed by atoms with Crippen molar-refractivity contribution >= 4 is 11.8 Å². The highest BCUT2D eigenvalue weighted by Gasteiger charge is 2.28. The van der Waals surface area contributed by atoms with Crippen LogP contribution in [-0.2, 0) is 9.59 Å². The molecule has 4 heteroatoms. The zero-order valence-corrected chi connectivity index (χ0v) is 12.7. The van der Waals surface area contributed by atoms with Crippen molar-refractivity contribution in [2.45, 2.75) is 19.3 Å². The molecule has 0 saturated carbocycles. The first-order chi connectivity index (χ1) is 10.0. The van der Waals surface area contributed by atoms with Crippen molar-refractivity contribution < 1.29 is 9.59 Å². The van der Waals surface area contributed by atoms with Gasteiger partial charge in [-0.05, 0) is 25.0 Å². The van der Waals surface area contributed by atoms with Gasteiger partial charge in [-0.25, -0.2) is 0 Å². The van der Waals surface area contributed by atoms with Gasteiger partial charge >= 0.3 is 0 Å². The minimum Gasteiger partial charge on any atom is -0.341 e. The zero-order chi connectivity index (χ0) is 15.4. The van der Waals surface area contributed by atoms with Crippen LogP contribution in [-0.4, -0.2) is 48.3 Å². The number of hydrogen-bond acceptors (Lipinski definition) is 2. The molecule has 4 nitrogen and oxygen atoms in total. The van der Waals surface area contributed by atoms with E-state index in [1.54, 1.807) is 7.05 Å². The molecular formula is C17H22N2O2. The summed E-state index contributed by atoms with van der Waals surface area (Å²) in [6, 6.07) is 8.45. The van der Waals surface area contributed by atoms with E-state index in [0.29, 0.717) is 5.92 Å². The number of benzene rings is 1. The lowest BCUT2D eigenvalue weighted by Crippen LogP contribution is -2.39. The molecule has 1 aromatic carbocycles. The normalized spacial score (nSPS) is 17.6. The van der Waals surface area contributed by atoms with Crippen molar-refractivity contribution in [1.82, 2.24) is 9.80 Å². The largest absolute Gasteiger partial charge is 0.341 e. The first-order valence-electron chi connectivity index (χ1n) is 7.23. The maximum absolute atomic E-state index is 12.2. The Balaban J connectivity index is 1.94. The molecule has 0 bridgehead atoms. The molecule has 1 saturated heterocycles. The van der Waals surface area contributed by atoms with E-state index < -0.39 is 0 Å². The van der Waals surface area contributed by atoms with E-state index in [2.05, 4.69) is 37.8 Å². The Morgan fingerprint density at radius 3 is 2.90 bits per heavy atom. The zero-order valence-electron chi connectivity index (χ0n) is 12.7. The van der Waals surface area contributed by atoms with Crippen molar-refractivity contribution in [3.05, 3.63) is 48.0 Å². The molecule has 0 N–H and O–H groups in total. The van der Waals surface area contributed by atoms with Crippen molar-refractivity contribution in [3.8, 4) is 0 Å². The number of hydrogen-bond donors (Lipinski definition) is 0. The Morgan fingerprint density at radius 2 is 2.24 bits per heavy atom. The van der Waals surface area contributed by atoms with Crippen LogP contribution in [0.4, 0.5) is 0 Å². The van der Waals surface area contributed by atoms with Crippen LogP contribution in [0.1, 0.15) is 23.5 Å². The molecular weight excluding hydrogens is 264 g/mol. The van der Waals surface area contributed by atoms with E-state index in [4.69, 9.17) is 0 Å². The van der Waals surface area contributed by atoms with Gasteiger partial charge in [0.1, 0.15) is 0 Å². The third-order valence-electron chi connectivity index (χ3n) is 3.98. The lowest BCUT2D eigenvalue weighted by Gasteiger charge is -2.21. The number of carbonyl (C=O) groups excluding carboxylic acids is 2. The number of amides is 2. The molecule has 1 fully saturated rings. The fourth-order valence-electron chi connectivity index (χ4n) is 2.72. The third kappa shape index (κ3) is 3.72. The predicted molar refractivity (Wildman–Crippen MR) is 83.0 cm³/mol. The lowest BCUT2D eigenvalue weighted by atomic mass is 9.97. The highest BCUT2D eigenvalue weighted by atomic mass is 16.2. The maximum Gasteiger partial charge on any atom is 0.246 e.